The third-order valence-corrected chi connectivity index (χ3v) is 6.27. The van der Waals surface area contributed by atoms with E-state index >= 15 is 0 Å². The van der Waals surface area contributed by atoms with Crippen LogP contribution in [0.1, 0.15) is 0 Å². The molecule has 152 valence electrons. The fourth-order valence-electron chi connectivity index (χ4n) is 2.76. The first kappa shape index (κ1) is 20.7. The monoisotopic (exact) mass is 480 g/mol. The zero-order chi connectivity index (χ0) is 21.5. The average molecular weight is 482 g/mol. The number of anilines is 1. The molecule has 4 aromatic rings. The van der Waals surface area contributed by atoms with Crippen LogP contribution in [-0.4, -0.2) is 13.4 Å². The van der Waals surface area contributed by atoms with E-state index in [2.05, 4.69) is 9.71 Å². The molecule has 0 radical (unpaired) electrons. The van der Waals surface area contributed by atoms with Gasteiger partial charge < -0.3 is 4.42 Å². The van der Waals surface area contributed by atoms with Gasteiger partial charge in [0, 0.05) is 15.1 Å². The third kappa shape index (κ3) is 4.15. The topological polar surface area (TPSA) is 89.3 Å². The Balaban J connectivity index is 1.83. The maximum atomic E-state index is 12.8. The van der Waals surface area contributed by atoms with Gasteiger partial charge in [0.05, 0.1) is 27.0 Å². The number of hydrogen-bond acceptors (Lipinski definition) is 5. The second kappa shape index (κ2) is 7.92. The molecule has 0 spiro atoms. The van der Waals surface area contributed by atoms with Gasteiger partial charge in [-0.2, -0.15) is 0 Å². The summed E-state index contributed by atoms with van der Waals surface area (Å²) in [4.78, 5) is 16.7. The molecule has 4 rings (SSSR count). The SMILES string of the molecule is O=c1oc(-c2cc(Cl)ccc2NS(=O)(=O)c2ccc(Cl)cc2)nc2ccc(Cl)cc12. The summed E-state index contributed by atoms with van der Waals surface area (Å²) in [6.07, 6.45) is 0. The number of benzene rings is 3. The molecule has 10 heteroatoms. The lowest BCUT2D eigenvalue weighted by Gasteiger charge is -2.12. The van der Waals surface area contributed by atoms with Gasteiger partial charge in [-0.15, -0.1) is 0 Å². The molecular formula is C20H11Cl3N2O4S. The molecular weight excluding hydrogens is 471 g/mol. The number of nitrogens with zero attached hydrogens (tertiary/aromatic N) is 1. The highest BCUT2D eigenvalue weighted by Gasteiger charge is 2.19. The number of aromatic nitrogens is 1. The minimum absolute atomic E-state index is 0.00960. The van der Waals surface area contributed by atoms with Crippen molar-refractivity contribution in [2.45, 2.75) is 4.90 Å². The molecule has 6 nitrogen and oxygen atoms in total. The molecule has 0 aliphatic heterocycles. The standard InChI is InChI=1S/C20H11Cl3N2O4S/c21-11-1-5-14(6-2-11)30(27,28)25-18-8-4-12(22)9-15(18)19-24-17-7-3-13(23)10-16(17)20(26)29-19/h1-10,25H. The molecule has 0 amide bonds. The van der Waals surface area contributed by atoms with Crippen LogP contribution in [-0.2, 0) is 10.0 Å². The highest BCUT2D eigenvalue weighted by atomic mass is 35.5. The molecule has 1 N–H and O–H groups in total. The molecule has 0 saturated carbocycles. The molecule has 0 atom stereocenters. The Morgan fingerprint density at radius 3 is 2.20 bits per heavy atom. The fraction of sp³-hybridized carbons (Fsp3) is 0. The number of rotatable bonds is 4. The van der Waals surface area contributed by atoms with Crippen LogP contribution in [0.3, 0.4) is 0 Å². The smallest absolute Gasteiger partial charge is 0.347 e. The minimum atomic E-state index is -3.95. The summed E-state index contributed by atoms with van der Waals surface area (Å²) in [5.74, 6) is -0.0915. The molecule has 1 aromatic heterocycles. The van der Waals surface area contributed by atoms with Crippen molar-refractivity contribution in [2.75, 3.05) is 4.72 Å². The Morgan fingerprint density at radius 2 is 1.47 bits per heavy atom. The van der Waals surface area contributed by atoms with E-state index in [0.29, 0.717) is 20.6 Å². The van der Waals surface area contributed by atoms with Gasteiger partial charge in [0.25, 0.3) is 10.0 Å². The summed E-state index contributed by atoms with van der Waals surface area (Å²) in [7, 11) is -3.95. The van der Waals surface area contributed by atoms with Gasteiger partial charge in [-0.3, -0.25) is 4.72 Å². The molecule has 0 saturated heterocycles. The summed E-state index contributed by atoms with van der Waals surface area (Å²) in [5.41, 5.74) is 0.0217. The Bertz CT molecular complexity index is 1440. The minimum Gasteiger partial charge on any atom is -0.403 e. The summed E-state index contributed by atoms with van der Waals surface area (Å²) >= 11 is 17.8. The predicted octanol–water partition coefficient (Wildman–Crippen LogP) is 5.62. The molecule has 1 heterocycles. The van der Waals surface area contributed by atoms with Crippen LogP contribution in [0.25, 0.3) is 22.4 Å². The summed E-state index contributed by atoms with van der Waals surface area (Å²) in [5, 5.41) is 1.28. The van der Waals surface area contributed by atoms with Crippen molar-refractivity contribution >= 4 is 61.4 Å². The van der Waals surface area contributed by atoms with E-state index in [1.165, 1.54) is 48.5 Å². The zero-order valence-corrected chi connectivity index (χ0v) is 18.0. The maximum Gasteiger partial charge on any atom is 0.347 e. The summed E-state index contributed by atoms with van der Waals surface area (Å²) in [6.45, 7) is 0. The van der Waals surface area contributed by atoms with Crippen molar-refractivity contribution in [3.8, 4) is 11.5 Å². The lowest BCUT2D eigenvalue weighted by Crippen LogP contribution is -2.14. The predicted molar refractivity (Wildman–Crippen MR) is 118 cm³/mol. The fourth-order valence-corrected chi connectivity index (χ4v) is 4.31. The van der Waals surface area contributed by atoms with Crippen LogP contribution < -0.4 is 10.3 Å². The van der Waals surface area contributed by atoms with E-state index in [4.69, 9.17) is 39.2 Å². The number of fused-ring (bicyclic) bond motifs is 1. The Morgan fingerprint density at radius 1 is 0.833 bits per heavy atom. The van der Waals surface area contributed by atoms with Crippen molar-refractivity contribution in [3.05, 3.63) is 86.2 Å². The second-order valence-electron chi connectivity index (χ2n) is 6.22. The van der Waals surface area contributed by atoms with Crippen LogP contribution in [0.2, 0.25) is 15.1 Å². The van der Waals surface area contributed by atoms with E-state index < -0.39 is 15.6 Å². The van der Waals surface area contributed by atoms with E-state index in [1.807, 2.05) is 0 Å². The van der Waals surface area contributed by atoms with Crippen molar-refractivity contribution in [1.82, 2.24) is 4.98 Å². The Labute approximate surface area is 186 Å². The normalized spacial score (nSPS) is 11.6. The Hall–Kier alpha value is -2.58. The van der Waals surface area contributed by atoms with Crippen LogP contribution >= 0.6 is 34.8 Å². The van der Waals surface area contributed by atoms with Gasteiger partial charge >= 0.3 is 5.63 Å². The van der Waals surface area contributed by atoms with Gasteiger partial charge in [-0.25, -0.2) is 18.2 Å². The number of sulfonamides is 1. The third-order valence-electron chi connectivity index (χ3n) is 4.17. The molecule has 30 heavy (non-hydrogen) atoms. The van der Waals surface area contributed by atoms with Crippen LogP contribution in [0, 0.1) is 0 Å². The van der Waals surface area contributed by atoms with Crippen molar-refractivity contribution in [1.29, 1.82) is 0 Å². The molecule has 0 aliphatic carbocycles. The molecule has 0 fully saturated rings. The van der Waals surface area contributed by atoms with Crippen LogP contribution in [0.15, 0.2) is 74.8 Å². The highest BCUT2D eigenvalue weighted by Crippen LogP contribution is 2.32. The highest BCUT2D eigenvalue weighted by molar-refractivity contribution is 7.92. The van der Waals surface area contributed by atoms with Gasteiger partial charge in [0.2, 0.25) is 5.89 Å². The number of hydrogen-bond donors (Lipinski definition) is 1. The van der Waals surface area contributed by atoms with E-state index in [0.717, 1.165) is 0 Å². The molecule has 3 aromatic carbocycles. The lowest BCUT2D eigenvalue weighted by atomic mass is 10.1. The lowest BCUT2D eigenvalue weighted by molar-refractivity contribution is 0.518. The quantitative estimate of drug-likeness (QED) is 0.409. The first-order valence-electron chi connectivity index (χ1n) is 8.42. The first-order chi connectivity index (χ1) is 14.2. The van der Waals surface area contributed by atoms with Gasteiger partial charge in [-0.1, -0.05) is 34.8 Å². The van der Waals surface area contributed by atoms with Gasteiger partial charge in [0.1, 0.15) is 0 Å². The largest absolute Gasteiger partial charge is 0.403 e. The summed E-state index contributed by atoms with van der Waals surface area (Å²) in [6, 6.07) is 14.7. The number of nitrogens with one attached hydrogen (secondary N) is 1. The average Bonchev–Trinajstić information content (AvgIpc) is 2.70. The zero-order valence-electron chi connectivity index (χ0n) is 14.9. The van der Waals surface area contributed by atoms with Crippen molar-refractivity contribution < 1.29 is 12.8 Å². The maximum absolute atomic E-state index is 12.8. The van der Waals surface area contributed by atoms with Crippen LogP contribution in [0.4, 0.5) is 5.69 Å². The number of halogens is 3. The van der Waals surface area contributed by atoms with E-state index in [-0.39, 0.29) is 27.4 Å². The van der Waals surface area contributed by atoms with Crippen molar-refractivity contribution in [2.24, 2.45) is 0 Å². The second-order valence-corrected chi connectivity index (χ2v) is 9.21. The molecule has 0 bridgehead atoms. The van der Waals surface area contributed by atoms with Crippen molar-refractivity contribution in [3.63, 3.8) is 0 Å². The molecule has 0 unspecified atom stereocenters. The first-order valence-corrected chi connectivity index (χ1v) is 11.0. The van der Waals surface area contributed by atoms with Gasteiger partial charge in [0.15, 0.2) is 0 Å². The van der Waals surface area contributed by atoms with E-state index in [1.54, 1.807) is 12.1 Å². The van der Waals surface area contributed by atoms with Crippen LogP contribution in [0.5, 0.6) is 0 Å². The summed E-state index contributed by atoms with van der Waals surface area (Å²) < 4.78 is 33.4. The Kier molecular flexibility index (Phi) is 5.46. The molecule has 0 aliphatic rings. The van der Waals surface area contributed by atoms with Gasteiger partial charge in [-0.05, 0) is 60.7 Å². The van der Waals surface area contributed by atoms with E-state index in [9.17, 15) is 13.2 Å².